The molecule has 2 N–H and O–H groups in total. The molecular weight excluding hydrogens is 326 g/mol. The van der Waals surface area contributed by atoms with Crippen molar-refractivity contribution < 1.29 is 18.3 Å². The van der Waals surface area contributed by atoms with Crippen LogP contribution in [0.15, 0.2) is 24.3 Å². The maximum atomic E-state index is 12.4. The van der Waals surface area contributed by atoms with E-state index in [0.717, 1.165) is 6.42 Å². The molecule has 1 unspecified atom stereocenters. The minimum Gasteiger partial charge on any atom is -0.435 e. The Bertz CT molecular complexity index is 541. The van der Waals surface area contributed by atoms with Gasteiger partial charge in [0, 0.05) is 24.7 Å². The van der Waals surface area contributed by atoms with Crippen LogP contribution in [-0.2, 0) is 11.2 Å². The number of alkyl halides is 2. The number of nitrogens with zero attached hydrogens (tertiary/aromatic N) is 1. The highest BCUT2D eigenvalue weighted by Gasteiger charge is 2.35. The van der Waals surface area contributed by atoms with E-state index in [2.05, 4.69) is 4.74 Å². The van der Waals surface area contributed by atoms with Crippen molar-refractivity contribution in [3.05, 3.63) is 29.8 Å². The van der Waals surface area contributed by atoms with E-state index in [9.17, 15) is 13.6 Å². The van der Waals surface area contributed by atoms with Crippen molar-refractivity contribution in [2.24, 2.45) is 11.1 Å². The molecule has 1 aliphatic heterocycles. The van der Waals surface area contributed by atoms with Crippen LogP contribution in [0, 0.1) is 5.41 Å². The maximum Gasteiger partial charge on any atom is 0.387 e. The molecule has 1 atom stereocenters. The quantitative estimate of drug-likeness (QED) is 0.910. The van der Waals surface area contributed by atoms with E-state index in [1.165, 1.54) is 6.07 Å². The number of hydrogen-bond donors (Lipinski definition) is 1. The van der Waals surface area contributed by atoms with Crippen LogP contribution in [0.5, 0.6) is 5.75 Å². The smallest absolute Gasteiger partial charge is 0.387 e. The lowest BCUT2D eigenvalue weighted by Gasteiger charge is -2.42. The molecule has 2 rings (SSSR count). The number of piperidine rings is 1. The number of halogens is 3. The predicted octanol–water partition coefficient (Wildman–Crippen LogP) is 2.84. The fraction of sp³-hybridized carbons (Fsp3) is 0.562. The number of carbonyl (C=O) groups is 1. The minimum atomic E-state index is -2.90. The second-order valence-electron chi connectivity index (χ2n) is 6.36. The Morgan fingerprint density at radius 2 is 2.09 bits per heavy atom. The largest absolute Gasteiger partial charge is 0.435 e. The molecule has 1 aromatic rings. The first kappa shape index (κ1) is 19.6. The normalized spacial score (nSPS) is 20.1. The standard InChI is InChI=1S/C16H22F2N2O2.ClH/c1-16(2)10-20(8-7-13(16)19)14(21)9-11-5-3-4-6-12(11)22-15(17)18;/h3-6,13,15H,7-10,19H2,1-2H3;1H. The van der Waals surface area contributed by atoms with E-state index in [4.69, 9.17) is 5.73 Å². The molecule has 1 saturated heterocycles. The molecule has 0 spiro atoms. The van der Waals surface area contributed by atoms with Gasteiger partial charge in [-0.1, -0.05) is 32.0 Å². The highest BCUT2D eigenvalue weighted by Crippen LogP contribution is 2.29. The molecule has 1 aliphatic rings. The van der Waals surface area contributed by atoms with E-state index in [-0.39, 0.29) is 41.9 Å². The van der Waals surface area contributed by atoms with E-state index >= 15 is 0 Å². The van der Waals surface area contributed by atoms with Gasteiger partial charge >= 0.3 is 6.61 Å². The lowest BCUT2D eigenvalue weighted by molar-refractivity contribution is -0.134. The molecule has 130 valence electrons. The summed E-state index contributed by atoms with van der Waals surface area (Å²) in [7, 11) is 0. The summed E-state index contributed by atoms with van der Waals surface area (Å²) in [6.07, 6.45) is 0.794. The SMILES string of the molecule is CC1(C)CN(C(=O)Cc2ccccc2OC(F)F)CCC1N.Cl. The minimum absolute atomic E-state index is 0. The van der Waals surface area contributed by atoms with Crippen molar-refractivity contribution in [2.75, 3.05) is 13.1 Å². The molecule has 0 aliphatic carbocycles. The van der Waals surface area contributed by atoms with Gasteiger partial charge in [0.05, 0.1) is 6.42 Å². The van der Waals surface area contributed by atoms with Crippen LogP contribution in [0.1, 0.15) is 25.8 Å². The molecule has 0 saturated carbocycles. The maximum absolute atomic E-state index is 12.4. The first-order valence-electron chi connectivity index (χ1n) is 7.35. The number of amides is 1. The molecule has 0 bridgehead atoms. The lowest BCUT2D eigenvalue weighted by atomic mass is 9.79. The first-order valence-corrected chi connectivity index (χ1v) is 7.35. The molecular formula is C16H23ClF2N2O2. The highest BCUT2D eigenvalue weighted by atomic mass is 35.5. The molecule has 1 fully saturated rings. The van der Waals surface area contributed by atoms with Crippen molar-refractivity contribution in [3.8, 4) is 5.75 Å². The highest BCUT2D eigenvalue weighted by molar-refractivity contribution is 5.85. The zero-order chi connectivity index (χ0) is 16.3. The van der Waals surface area contributed by atoms with Crippen molar-refractivity contribution in [1.82, 2.24) is 4.90 Å². The predicted molar refractivity (Wildman–Crippen MR) is 87.0 cm³/mol. The van der Waals surface area contributed by atoms with Crippen molar-refractivity contribution in [3.63, 3.8) is 0 Å². The van der Waals surface area contributed by atoms with Crippen LogP contribution in [0.3, 0.4) is 0 Å². The summed E-state index contributed by atoms with van der Waals surface area (Å²) in [6, 6.07) is 6.46. The van der Waals surface area contributed by atoms with Crippen molar-refractivity contribution in [1.29, 1.82) is 0 Å². The number of likely N-dealkylation sites (tertiary alicyclic amines) is 1. The van der Waals surface area contributed by atoms with Gasteiger partial charge in [0.2, 0.25) is 5.91 Å². The van der Waals surface area contributed by atoms with Crippen LogP contribution in [0.4, 0.5) is 8.78 Å². The number of nitrogens with two attached hydrogens (primary N) is 1. The monoisotopic (exact) mass is 348 g/mol. The van der Waals surface area contributed by atoms with E-state index < -0.39 is 6.61 Å². The number of hydrogen-bond acceptors (Lipinski definition) is 3. The van der Waals surface area contributed by atoms with Gasteiger partial charge in [0.1, 0.15) is 5.75 Å². The van der Waals surface area contributed by atoms with Crippen LogP contribution >= 0.6 is 12.4 Å². The van der Waals surface area contributed by atoms with Crippen LogP contribution in [-0.4, -0.2) is 36.5 Å². The number of rotatable bonds is 4. The summed E-state index contributed by atoms with van der Waals surface area (Å²) in [5.41, 5.74) is 6.39. The van der Waals surface area contributed by atoms with Crippen molar-refractivity contribution >= 4 is 18.3 Å². The zero-order valence-electron chi connectivity index (χ0n) is 13.3. The molecule has 0 aromatic heterocycles. The van der Waals surface area contributed by atoms with Gasteiger partial charge < -0.3 is 15.4 Å². The molecule has 0 radical (unpaired) electrons. The summed E-state index contributed by atoms with van der Waals surface area (Å²) in [5, 5.41) is 0. The number of carbonyl (C=O) groups excluding carboxylic acids is 1. The Balaban J connectivity index is 0.00000264. The van der Waals surface area contributed by atoms with E-state index in [1.807, 2.05) is 13.8 Å². The molecule has 23 heavy (non-hydrogen) atoms. The fourth-order valence-electron chi connectivity index (χ4n) is 2.72. The molecule has 7 heteroatoms. The van der Waals surface area contributed by atoms with Crippen LogP contribution < -0.4 is 10.5 Å². The first-order chi connectivity index (χ1) is 10.3. The van der Waals surface area contributed by atoms with Crippen LogP contribution in [0.25, 0.3) is 0 Å². The average molecular weight is 349 g/mol. The molecule has 1 aromatic carbocycles. The van der Waals surface area contributed by atoms with Gasteiger partial charge in [-0.25, -0.2) is 0 Å². The second kappa shape index (κ2) is 7.93. The van der Waals surface area contributed by atoms with E-state index in [1.54, 1.807) is 23.1 Å². The Kier molecular flexibility index (Phi) is 6.77. The molecule has 1 heterocycles. The van der Waals surface area contributed by atoms with Gasteiger partial charge in [-0.05, 0) is 17.9 Å². The number of ether oxygens (including phenoxy) is 1. The van der Waals surface area contributed by atoms with Crippen LogP contribution in [0.2, 0.25) is 0 Å². The zero-order valence-corrected chi connectivity index (χ0v) is 14.1. The molecule has 1 amide bonds. The Morgan fingerprint density at radius 1 is 1.43 bits per heavy atom. The van der Waals surface area contributed by atoms with E-state index in [0.29, 0.717) is 18.7 Å². The summed E-state index contributed by atoms with van der Waals surface area (Å²) >= 11 is 0. The Morgan fingerprint density at radius 3 is 2.70 bits per heavy atom. The van der Waals surface area contributed by atoms with Gasteiger partial charge in [-0.15, -0.1) is 12.4 Å². The summed E-state index contributed by atoms with van der Waals surface area (Å²) in [5.74, 6) is -0.0379. The summed E-state index contributed by atoms with van der Waals surface area (Å²) in [6.45, 7) is 2.34. The average Bonchev–Trinajstić information content (AvgIpc) is 2.43. The third-order valence-corrected chi connectivity index (χ3v) is 4.20. The second-order valence-corrected chi connectivity index (χ2v) is 6.36. The third-order valence-electron chi connectivity index (χ3n) is 4.20. The summed E-state index contributed by atoms with van der Waals surface area (Å²) in [4.78, 5) is 14.2. The van der Waals surface area contributed by atoms with Crippen molar-refractivity contribution in [2.45, 2.75) is 39.3 Å². The Hall–Kier alpha value is -1.40. The number of benzene rings is 1. The molecule has 4 nitrogen and oxygen atoms in total. The van der Waals surface area contributed by atoms with Gasteiger partial charge in [-0.2, -0.15) is 8.78 Å². The van der Waals surface area contributed by atoms with Gasteiger partial charge in [-0.3, -0.25) is 4.79 Å². The Labute approximate surface area is 141 Å². The van der Waals surface area contributed by atoms with Gasteiger partial charge in [0.15, 0.2) is 0 Å². The third kappa shape index (κ3) is 5.04. The topological polar surface area (TPSA) is 55.6 Å². The number of para-hydroxylation sites is 1. The lowest BCUT2D eigenvalue weighted by Crippen LogP contribution is -2.54. The fourth-order valence-corrected chi connectivity index (χ4v) is 2.72. The van der Waals surface area contributed by atoms with Gasteiger partial charge in [0.25, 0.3) is 0 Å². The summed E-state index contributed by atoms with van der Waals surface area (Å²) < 4.78 is 29.3.